The molecule has 0 N–H and O–H groups in total. The molecule has 13 rings (SSSR count). The predicted octanol–water partition coefficient (Wildman–Crippen LogP) is 18.2. The number of para-hydroxylation sites is 3. The fraction of sp³-hybridized carbons (Fsp3) is 0. The number of aromatic nitrogens is 2. The molecule has 0 aliphatic carbocycles. The highest BCUT2D eigenvalue weighted by Crippen LogP contribution is 2.42. The van der Waals surface area contributed by atoms with Crippen LogP contribution in [0.25, 0.3) is 87.8 Å². The molecule has 0 unspecified atom stereocenters. The second-order valence-corrected chi connectivity index (χ2v) is 17.8. The van der Waals surface area contributed by atoms with Crippen LogP contribution in [-0.4, -0.2) is 9.97 Å². The maximum atomic E-state index is 5.34. The van der Waals surface area contributed by atoms with E-state index in [1.54, 1.807) is 0 Å². The molecule has 2 aromatic heterocycles. The number of rotatable bonds is 9. The summed E-state index contributed by atoms with van der Waals surface area (Å²) in [6.45, 7) is 0. The topological polar surface area (TPSA) is 32.3 Å². The largest absolute Gasteiger partial charge is 0.311 e. The van der Waals surface area contributed by atoms with Gasteiger partial charge in [0.2, 0.25) is 0 Å². The normalized spacial score (nSPS) is 11.4. The second kappa shape index (κ2) is 17.4. The first-order valence-electron chi connectivity index (χ1n) is 23.8. The zero-order chi connectivity index (χ0) is 46.4. The van der Waals surface area contributed by atoms with Crippen LogP contribution in [0.1, 0.15) is 0 Å². The molecule has 0 aliphatic heterocycles. The first-order valence-corrected chi connectivity index (χ1v) is 23.8. The van der Waals surface area contributed by atoms with Gasteiger partial charge in [-0.15, -0.1) is 0 Å². The summed E-state index contributed by atoms with van der Waals surface area (Å²) in [5.41, 5.74) is 16.0. The van der Waals surface area contributed by atoms with E-state index >= 15 is 0 Å². The minimum Gasteiger partial charge on any atom is -0.311 e. The van der Waals surface area contributed by atoms with Gasteiger partial charge in [0.05, 0.1) is 22.2 Å². The van der Waals surface area contributed by atoms with Crippen LogP contribution in [0.15, 0.2) is 267 Å². The summed E-state index contributed by atoms with van der Waals surface area (Å²) in [6.07, 6.45) is 0. The molecule has 0 aliphatic rings. The minimum absolute atomic E-state index is 0.908. The molecule has 0 saturated heterocycles. The lowest BCUT2D eigenvalue weighted by Gasteiger charge is -2.28. The van der Waals surface area contributed by atoms with Gasteiger partial charge in [-0.1, -0.05) is 170 Å². The van der Waals surface area contributed by atoms with Crippen molar-refractivity contribution >= 4 is 88.4 Å². The van der Waals surface area contributed by atoms with E-state index in [9.17, 15) is 0 Å². The van der Waals surface area contributed by atoms with Crippen LogP contribution in [-0.2, 0) is 0 Å². The summed E-state index contributed by atoms with van der Waals surface area (Å²) in [6, 6.07) is 95.4. The van der Waals surface area contributed by atoms with Gasteiger partial charge in [-0.3, -0.25) is 0 Å². The zero-order valence-electron chi connectivity index (χ0n) is 38.2. The van der Waals surface area contributed by atoms with Gasteiger partial charge < -0.3 is 9.80 Å². The van der Waals surface area contributed by atoms with E-state index in [4.69, 9.17) is 9.97 Å². The molecule has 0 bridgehead atoms. The molecule has 0 amide bonds. The fourth-order valence-electron chi connectivity index (χ4n) is 10.1. The molecule has 4 nitrogen and oxygen atoms in total. The third-order valence-corrected chi connectivity index (χ3v) is 13.6. The van der Waals surface area contributed by atoms with E-state index in [1.807, 2.05) is 0 Å². The van der Waals surface area contributed by atoms with Crippen LogP contribution < -0.4 is 9.80 Å². The van der Waals surface area contributed by atoms with Gasteiger partial charge in [-0.25, -0.2) is 9.97 Å². The number of hydrogen-bond donors (Lipinski definition) is 0. The van der Waals surface area contributed by atoms with Crippen LogP contribution in [0.4, 0.5) is 34.1 Å². The molecule has 0 fully saturated rings. The lowest BCUT2D eigenvalue weighted by molar-refractivity contribution is 1.26. The quantitative estimate of drug-likeness (QED) is 0.107. The first kappa shape index (κ1) is 40.9. The summed E-state index contributed by atoms with van der Waals surface area (Å²) >= 11 is 0. The molecular formula is C66H44N4. The average molecular weight is 893 g/mol. The molecule has 0 radical (unpaired) electrons. The van der Waals surface area contributed by atoms with Crippen molar-refractivity contribution in [1.82, 2.24) is 9.97 Å². The Morgan fingerprint density at radius 1 is 0.243 bits per heavy atom. The summed E-state index contributed by atoms with van der Waals surface area (Å²) in [5, 5.41) is 8.07. The highest BCUT2D eigenvalue weighted by Gasteiger charge is 2.18. The van der Waals surface area contributed by atoms with Gasteiger partial charge in [-0.2, -0.15) is 0 Å². The minimum atomic E-state index is 0.908. The van der Waals surface area contributed by atoms with Gasteiger partial charge in [0.25, 0.3) is 0 Å². The summed E-state index contributed by atoms with van der Waals surface area (Å²) in [7, 11) is 0. The van der Waals surface area contributed by atoms with Gasteiger partial charge >= 0.3 is 0 Å². The van der Waals surface area contributed by atoms with Gasteiger partial charge in [0, 0.05) is 61.4 Å². The molecule has 0 saturated carbocycles. The highest BCUT2D eigenvalue weighted by molar-refractivity contribution is 6.16. The van der Waals surface area contributed by atoms with Crippen LogP contribution in [0.2, 0.25) is 0 Å². The van der Waals surface area contributed by atoms with E-state index < -0.39 is 0 Å². The van der Waals surface area contributed by atoms with Crippen molar-refractivity contribution in [1.29, 1.82) is 0 Å². The Morgan fingerprint density at radius 3 is 1.41 bits per heavy atom. The molecule has 11 aromatic carbocycles. The molecule has 70 heavy (non-hydrogen) atoms. The Labute approximate surface area is 406 Å². The molecule has 0 atom stereocenters. The molecule has 328 valence electrons. The van der Waals surface area contributed by atoms with Crippen molar-refractivity contribution in [3.05, 3.63) is 267 Å². The molecule has 4 heteroatoms. The fourth-order valence-corrected chi connectivity index (χ4v) is 10.1. The van der Waals surface area contributed by atoms with Gasteiger partial charge in [0.1, 0.15) is 0 Å². The highest BCUT2D eigenvalue weighted by atomic mass is 15.2. The summed E-state index contributed by atoms with van der Waals surface area (Å²) in [5.74, 6) is 0. The smallest absolute Gasteiger partial charge is 0.0978 e. The maximum Gasteiger partial charge on any atom is 0.0978 e. The number of anilines is 6. The Morgan fingerprint density at radius 2 is 0.714 bits per heavy atom. The van der Waals surface area contributed by atoms with E-state index in [2.05, 4.69) is 277 Å². The van der Waals surface area contributed by atoms with E-state index in [1.165, 1.54) is 27.3 Å². The van der Waals surface area contributed by atoms with Crippen molar-refractivity contribution in [2.75, 3.05) is 9.80 Å². The van der Waals surface area contributed by atoms with Crippen LogP contribution in [0, 0.1) is 0 Å². The van der Waals surface area contributed by atoms with Crippen molar-refractivity contribution in [3.63, 3.8) is 0 Å². The first-order chi connectivity index (χ1) is 34.7. The standard InChI is InChI=1S/C66H44N4/c1-4-15-47(16-5-1)64-60-22-12-13-23-63(60)68-66-61(64)40-31-48-32-41-62(67-65(48)66)53-27-26-51-42-50(24-25-52(51)43-53)46-28-33-56(34-29-46)70(59-35-30-45-14-10-11-17-49(45)44-59)58-38-36-57(37-39-58)69(54-18-6-2-7-19-54)55-20-8-3-9-21-55/h1-44H. The number of nitrogens with zero attached hydrogens (tertiary/aromatic N) is 4. The van der Waals surface area contributed by atoms with Crippen LogP contribution in [0.5, 0.6) is 0 Å². The van der Waals surface area contributed by atoms with Crippen molar-refractivity contribution in [3.8, 4) is 33.5 Å². The van der Waals surface area contributed by atoms with Crippen molar-refractivity contribution < 1.29 is 0 Å². The Kier molecular flexibility index (Phi) is 10.1. The average Bonchev–Trinajstić information content (AvgIpc) is 3.43. The molecule has 13 aromatic rings. The van der Waals surface area contributed by atoms with Crippen molar-refractivity contribution in [2.24, 2.45) is 0 Å². The Balaban J connectivity index is 0.832. The van der Waals surface area contributed by atoms with Gasteiger partial charge in [0.15, 0.2) is 0 Å². The molecule has 2 heterocycles. The van der Waals surface area contributed by atoms with Gasteiger partial charge in [-0.05, 0) is 135 Å². The van der Waals surface area contributed by atoms with E-state index in [0.717, 1.165) is 94.6 Å². The predicted molar refractivity (Wildman–Crippen MR) is 295 cm³/mol. The third-order valence-electron chi connectivity index (χ3n) is 13.6. The number of benzene rings is 11. The summed E-state index contributed by atoms with van der Waals surface area (Å²) < 4.78 is 0. The number of hydrogen-bond acceptors (Lipinski definition) is 4. The lowest BCUT2D eigenvalue weighted by atomic mass is 9.95. The third kappa shape index (κ3) is 7.45. The lowest BCUT2D eigenvalue weighted by Crippen LogP contribution is -2.12. The van der Waals surface area contributed by atoms with E-state index in [0.29, 0.717) is 0 Å². The second-order valence-electron chi connectivity index (χ2n) is 17.8. The number of pyridine rings is 2. The zero-order valence-corrected chi connectivity index (χ0v) is 38.2. The monoisotopic (exact) mass is 892 g/mol. The Hall–Kier alpha value is -9.38. The Bertz CT molecular complexity index is 4000. The van der Waals surface area contributed by atoms with E-state index in [-0.39, 0.29) is 0 Å². The number of fused-ring (bicyclic) bond motifs is 6. The SMILES string of the molecule is c1ccc(-c2c3ccccc3nc3c2ccc2ccc(-c4ccc5cc(-c6ccc(N(c7ccc(N(c8ccccc8)c8ccccc8)cc7)c7ccc8ccccc8c7)cc6)ccc5c4)nc23)cc1. The van der Waals surface area contributed by atoms with Crippen LogP contribution >= 0.6 is 0 Å². The van der Waals surface area contributed by atoms with Crippen LogP contribution in [0.3, 0.4) is 0 Å². The maximum absolute atomic E-state index is 5.34. The summed E-state index contributed by atoms with van der Waals surface area (Å²) in [4.78, 5) is 15.2. The van der Waals surface area contributed by atoms with Crippen molar-refractivity contribution in [2.45, 2.75) is 0 Å². The molecular weight excluding hydrogens is 849 g/mol. The molecule has 0 spiro atoms.